The Labute approximate surface area is 147 Å². The Kier molecular flexibility index (Phi) is 3.52. The molecule has 2 aromatic heterocycles. The maximum atomic E-state index is 6.23. The fourth-order valence-electron chi connectivity index (χ4n) is 4.40. The summed E-state index contributed by atoms with van der Waals surface area (Å²) in [6, 6.07) is 13.6. The van der Waals surface area contributed by atoms with Crippen LogP contribution in [-0.4, -0.2) is 35.1 Å². The Hall–Kier alpha value is -2.33. The Bertz CT molecular complexity index is 872. The van der Waals surface area contributed by atoms with E-state index in [9.17, 15) is 0 Å². The molecule has 0 radical (unpaired) electrons. The van der Waals surface area contributed by atoms with Crippen molar-refractivity contribution in [3.05, 3.63) is 48.9 Å². The molecule has 4 nitrogen and oxygen atoms in total. The number of hydrogen-bond donors (Lipinski definition) is 0. The quantitative estimate of drug-likeness (QED) is 0.707. The zero-order valence-electron chi connectivity index (χ0n) is 14.4. The number of furan rings is 1. The molecule has 2 unspecified atom stereocenters. The minimum Gasteiger partial charge on any atom is -0.489 e. The van der Waals surface area contributed by atoms with Crippen molar-refractivity contribution in [2.75, 3.05) is 7.05 Å². The van der Waals surface area contributed by atoms with Crippen LogP contribution in [0.4, 0.5) is 0 Å². The Morgan fingerprint density at radius 2 is 1.92 bits per heavy atom. The zero-order valence-corrected chi connectivity index (χ0v) is 14.4. The number of fused-ring (bicyclic) bond motifs is 3. The first kappa shape index (κ1) is 15.0. The highest BCUT2D eigenvalue weighted by atomic mass is 16.5. The Morgan fingerprint density at radius 3 is 2.68 bits per heavy atom. The number of piperidine rings is 1. The van der Waals surface area contributed by atoms with Crippen LogP contribution in [0, 0.1) is 0 Å². The van der Waals surface area contributed by atoms with Gasteiger partial charge in [0.2, 0.25) is 0 Å². The van der Waals surface area contributed by atoms with Gasteiger partial charge in [-0.1, -0.05) is 0 Å². The fourth-order valence-corrected chi connectivity index (χ4v) is 4.40. The molecule has 0 saturated carbocycles. The molecule has 2 aliphatic heterocycles. The molecule has 25 heavy (non-hydrogen) atoms. The summed E-state index contributed by atoms with van der Waals surface area (Å²) in [5, 5.41) is 1.10. The molecule has 0 amide bonds. The highest BCUT2D eigenvalue weighted by Crippen LogP contribution is 2.36. The molecule has 3 aromatic rings. The van der Waals surface area contributed by atoms with E-state index in [2.05, 4.69) is 23.0 Å². The molecule has 2 saturated heterocycles. The highest BCUT2D eigenvalue weighted by molar-refractivity contribution is 5.82. The topological polar surface area (TPSA) is 38.5 Å². The predicted octanol–water partition coefficient (Wildman–Crippen LogP) is 4.50. The molecule has 0 aliphatic carbocycles. The smallest absolute Gasteiger partial charge is 0.138 e. The van der Waals surface area contributed by atoms with E-state index in [0.717, 1.165) is 40.8 Å². The van der Waals surface area contributed by atoms with E-state index in [0.29, 0.717) is 18.2 Å². The van der Waals surface area contributed by atoms with E-state index < -0.39 is 0 Å². The van der Waals surface area contributed by atoms with Gasteiger partial charge in [0, 0.05) is 23.0 Å². The summed E-state index contributed by atoms with van der Waals surface area (Å²) < 4.78 is 11.6. The summed E-state index contributed by atoms with van der Waals surface area (Å²) in [5.41, 5.74) is 2.96. The predicted molar refractivity (Wildman–Crippen MR) is 97.7 cm³/mol. The molecular weight excluding hydrogens is 312 g/mol. The molecular formula is C21H22N2O2. The zero-order chi connectivity index (χ0) is 16.8. The van der Waals surface area contributed by atoms with Crippen LogP contribution in [0.2, 0.25) is 0 Å². The van der Waals surface area contributed by atoms with Gasteiger partial charge < -0.3 is 14.1 Å². The van der Waals surface area contributed by atoms with Crippen LogP contribution in [0.1, 0.15) is 25.7 Å². The monoisotopic (exact) mass is 334 g/mol. The lowest BCUT2D eigenvalue weighted by molar-refractivity contribution is 0.0659. The van der Waals surface area contributed by atoms with Crippen LogP contribution in [0.25, 0.3) is 22.2 Å². The van der Waals surface area contributed by atoms with E-state index >= 15 is 0 Å². The van der Waals surface area contributed by atoms with Gasteiger partial charge in [0.25, 0.3) is 0 Å². The van der Waals surface area contributed by atoms with Gasteiger partial charge in [-0.05, 0) is 69.1 Å². The van der Waals surface area contributed by atoms with Crippen molar-refractivity contribution in [3.63, 3.8) is 0 Å². The molecule has 2 fully saturated rings. The number of aromatic nitrogens is 1. The van der Waals surface area contributed by atoms with Crippen LogP contribution >= 0.6 is 0 Å². The second-order valence-corrected chi connectivity index (χ2v) is 7.31. The van der Waals surface area contributed by atoms with E-state index in [1.807, 2.05) is 36.5 Å². The average molecular weight is 334 g/mol. The number of nitrogens with zero attached hydrogens (tertiary/aromatic N) is 2. The fraction of sp³-hybridized carbons (Fsp3) is 0.381. The molecule has 1 aromatic carbocycles. The van der Waals surface area contributed by atoms with Gasteiger partial charge in [0.05, 0.1) is 18.2 Å². The molecule has 2 bridgehead atoms. The third kappa shape index (κ3) is 2.71. The van der Waals surface area contributed by atoms with Crippen LogP contribution < -0.4 is 4.74 Å². The summed E-state index contributed by atoms with van der Waals surface area (Å²) in [5.74, 6) is 0.877. The highest BCUT2D eigenvalue weighted by Gasteiger charge is 2.39. The van der Waals surface area contributed by atoms with Crippen molar-refractivity contribution in [3.8, 4) is 17.0 Å². The number of pyridine rings is 1. The van der Waals surface area contributed by atoms with Gasteiger partial charge in [-0.25, -0.2) is 0 Å². The molecule has 0 N–H and O–H groups in total. The van der Waals surface area contributed by atoms with Crippen molar-refractivity contribution in [1.29, 1.82) is 0 Å². The maximum absolute atomic E-state index is 6.23. The van der Waals surface area contributed by atoms with Crippen LogP contribution in [-0.2, 0) is 0 Å². The SMILES string of the molecule is CN1C2CCC1CC(Oc1ccc(-c3ccc4occc4c3)nc1)C2. The summed E-state index contributed by atoms with van der Waals surface area (Å²) in [7, 11) is 2.26. The van der Waals surface area contributed by atoms with E-state index in [1.54, 1.807) is 6.26 Å². The summed E-state index contributed by atoms with van der Waals surface area (Å²) in [6.07, 6.45) is 8.79. The van der Waals surface area contributed by atoms with E-state index in [1.165, 1.54) is 12.8 Å². The van der Waals surface area contributed by atoms with Crippen LogP contribution in [0.5, 0.6) is 5.75 Å². The van der Waals surface area contributed by atoms with Crippen molar-refractivity contribution in [1.82, 2.24) is 9.88 Å². The number of rotatable bonds is 3. The number of hydrogen-bond acceptors (Lipinski definition) is 4. The van der Waals surface area contributed by atoms with Crippen molar-refractivity contribution >= 4 is 11.0 Å². The molecule has 4 heteroatoms. The molecule has 2 aliphatic rings. The van der Waals surface area contributed by atoms with Gasteiger partial charge in [0.1, 0.15) is 17.4 Å². The number of benzene rings is 1. The Balaban J connectivity index is 1.31. The van der Waals surface area contributed by atoms with Crippen LogP contribution in [0.15, 0.2) is 53.3 Å². The van der Waals surface area contributed by atoms with Gasteiger partial charge >= 0.3 is 0 Å². The third-order valence-corrected chi connectivity index (χ3v) is 5.84. The largest absolute Gasteiger partial charge is 0.489 e. The molecule has 4 heterocycles. The van der Waals surface area contributed by atoms with Gasteiger partial charge in [-0.3, -0.25) is 4.98 Å². The maximum Gasteiger partial charge on any atom is 0.138 e. The molecule has 2 atom stereocenters. The lowest BCUT2D eigenvalue weighted by Crippen LogP contribution is -2.43. The van der Waals surface area contributed by atoms with Gasteiger partial charge in [-0.2, -0.15) is 0 Å². The second kappa shape index (κ2) is 5.88. The molecule has 5 rings (SSSR count). The molecule has 0 spiro atoms. The summed E-state index contributed by atoms with van der Waals surface area (Å²) >= 11 is 0. The summed E-state index contributed by atoms with van der Waals surface area (Å²) in [4.78, 5) is 7.14. The summed E-state index contributed by atoms with van der Waals surface area (Å²) in [6.45, 7) is 0. The average Bonchev–Trinajstić information content (AvgIpc) is 3.16. The normalized spacial score (nSPS) is 26.2. The Morgan fingerprint density at radius 1 is 1.08 bits per heavy atom. The number of ether oxygens (including phenoxy) is 1. The standard InChI is InChI=1S/C21H22N2O2/c1-23-16-3-4-17(23)12-19(11-16)25-18-5-6-20(22-13-18)14-2-7-21-15(10-14)8-9-24-21/h2,5-10,13,16-17,19H,3-4,11-12H2,1H3. The lowest BCUT2D eigenvalue weighted by Gasteiger charge is -2.36. The van der Waals surface area contributed by atoms with Crippen LogP contribution in [0.3, 0.4) is 0 Å². The van der Waals surface area contributed by atoms with E-state index in [4.69, 9.17) is 9.15 Å². The second-order valence-electron chi connectivity index (χ2n) is 7.31. The molecule has 128 valence electrons. The first-order valence-electron chi connectivity index (χ1n) is 9.08. The first-order valence-corrected chi connectivity index (χ1v) is 9.08. The third-order valence-electron chi connectivity index (χ3n) is 5.84. The van der Waals surface area contributed by atoms with Crippen molar-refractivity contribution < 1.29 is 9.15 Å². The lowest BCUT2D eigenvalue weighted by atomic mass is 10.0. The van der Waals surface area contributed by atoms with E-state index in [-0.39, 0.29) is 0 Å². The minimum atomic E-state index is 0.323. The minimum absolute atomic E-state index is 0.323. The van der Waals surface area contributed by atoms with Crippen molar-refractivity contribution in [2.45, 2.75) is 43.9 Å². The first-order chi connectivity index (χ1) is 12.3. The van der Waals surface area contributed by atoms with Gasteiger partial charge in [-0.15, -0.1) is 0 Å². The van der Waals surface area contributed by atoms with Gasteiger partial charge in [0.15, 0.2) is 0 Å². The van der Waals surface area contributed by atoms with Crippen molar-refractivity contribution in [2.24, 2.45) is 0 Å².